The molecule has 0 spiro atoms. The molecule has 0 aromatic rings. The van der Waals surface area contributed by atoms with Crippen molar-refractivity contribution in [1.82, 2.24) is 0 Å². The number of aliphatic hydroxyl groups excluding tert-OH is 1. The van der Waals surface area contributed by atoms with Gasteiger partial charge in [0.05, 0.1) is 6.10 Å². The van der Waals surface area contributed by atoms with Crippen LogP contribution in [0, 0.1) is 0 Å². The van der Waals surface area contributed by atoms with E-state index in [4.69, 9.17) is 5.73 Å². The van der Waals surface area contributed by atoms with Gasteiger partial charge in [0.1, 0.15) is 0 Å². The SMILES string of the molecule is Cl.NCC(O)/C1=C/CC/C=C\CC1. The minimum atomic E-state index is -0.420. The highest BCUT2D eigenvalue weighted by Gasteiger charge is 2.07. The number of halogens is 1. The molecule has 2 nitrogen and oxygen atoms in total. The van der Waals surface area contributed by atoms with Crippen LogP contribution >= 0.6 is 12.4 Å². The molecule has 0 heterocycles. The summed E-state index contributed by atoms with van der Waals surface area (Å²) in [6.45, 7) is 0.343. The van der Waals surface area contributed by atoms with Gasteiger partial charge in [0.2, 0.25) is 0 Å². The minimum absolute atomic E-state index is 0. The highest BCUT2D eigenvalue weighted by atomic mass is 35.5. The van der Waals surface area contributed by atoms with Crippen molar-refractivity contribution in [3.8, 4) is 0 Å². The molecular weight excluding hydrogens is 186 g/mol. The van der Waals surface area contributed by atoms with Crippen molar-refractivity contribution in [1.29, 1.82) is 0 Å². The second kappa shape index (κ2) is 7.13. The molecule has 0 radical (unpaired) electrons. The van der Waals surface area contributed by atoms with E-state index < -0.39 is 6.10 Å². The van der Waals surface area contributed by atoms with E-state index in [0.29, 0.717) is 6.54 Å². The van der Waals surface area contributed by atoms with Crippen LogP contribution in [0.25, 0.3) is 0 Å². The lowest BCUT2D eigenvalue weighted by molar-refractivity contribution is 0.214. The maximum atomic E-state index is 9.48. The summed E-state index contributed by atoms with van der Waals surface area (Å²) in [7, 11) is 0. The van der Waals surface area contributed by atoms with Crippen molar-refractivity contribution in [2.24, 2.45) is 5.73 Å². The van der Waals surface area contributed by atoms with Crippen LogP contribution in [-0.2, 0) is 0 Å². The summed E-state index contributed by atoms with van der Waals surface area (Å²) in [5, 5.41) is 9.48. The normalized spacial score (nSPS) is 25.8. The third kappa shape index (κ3) is 4.46. The van der Waals surface area contributed by atoms with E-state index in [-0.39, 0.29) is 12.4 Å². The fourth-order valence-corrected chi connectivity index (χ4v) is 1.41. The Hall–Kier alpha value is -0.310. The predicted octanol–water partition coefficient (Wildman–Crippen LogP) is 1.78. The van der Waals surface area contributed by atoms with Crippen molar-refractivity contribution >= 4 is 12.4 Å². The monoisotopic (exact) mass is 203 g/mol. The van der Waals surface area contributed by atoms with Gasteiger partial charge < -0.3 is 10.8 Å². The molecule has 0 aromatic carbocycles. The minimum Gasteiger partial charge on any atom is -0.387 e. The van der Waals surface area contributed by atoms with Gasteiger partial charge in [-0.25, -0.2) is 0 Å². The Morgan fingerprint density at radius 1 is 1.31 bits per heavy atom. The first-order valence-electron chi connectivity index (χ1n) is 4.56. The Bertz CT molecular complexity index is 189. The van der Waals surface area contributed by atoms with Crippen molar-refractivity contribution in [2.75, 3.05) is 6.54 Å². The van der Waals surface area contributed by atoms with Crippen LogP contribution in [0.3, 0.4) is 0 Å². The molecular formula is C10H18ClNO. The third-order valence-corrected chi connectivity index (χ3v) is 2.16. The Labute approximate surface area is 85.9 Å². The van der Waals surface area contributed by atoms with Crippen LogP contribution in [0.15, 0.2) is 23.8 Å². The number of aliphatic hydroxyl groups is 1. The van der Waals surface area contributed by atoms with Gasteiger partial charge in [0, 0.05) is 6.54 Å². The van der Waals surface area contributed by atoms with Gasteiger partial charge in [-0.2, -0.15) is 0 Å². The summed E-state index contributed by atoms with van der Waals surface area (Å²) in [6.07, 6.45) is 10.2. The van der Waals surface area contributed by atoms with Crippen molar-refractivity contribution in [2.45, 2.75) is 31.8 Å². The zero-order valence-electron chi connectivity index (χ0n) is 7.78. The van der Waals surface area contributed by atoms with Gasteiger partial charge in [0.25, 0.3) is 0 Å². The predicted molar refractivity (Wildman–Crippen MR) is 58.0 cm³/mol. The molecule has 1 atom stereocenters. The maximum Gasteiger partial charge on any atom is 0.0872 e. The standard InChI is InChI=1S/C10H17NO.ClH/c11-8-10(12)9-6-4-2-1-3-5-7-9;/h1-2,7,10,12H,3-6,8,11H2;1H/b2-1-,9-7+;. The topological polar surface area (TPSA) is 46.2 Å². The van der Waals surface area contributed by atoms with E-state index in [1.54, 1.807) is 0 Å². The lowest BCUT2D eigenvalue weighted by Gasteiger charge is -2.13. The van der Waals surface area contributed by atoms with E-state index in [2.05, 4.69) is 18.2 Å². The smallest absolute Gasteiger partial charge is 0.0872 e. The number of allylic oxidation sites excluding steroid dienone is 3. The van der Waals surface area contributed by atoms with Gasteiger partial charge in [-0.05, 0) is 31.3 Å². The molecule has 0 saturated heterocycles. The van der Waals surface area contributed by atoms with Crippen LogP contribution in [0.5, 0.6) is 0 Å². The Balaban J connectivity index is 0.00000144. The van der Waals surface area contributed by atoms with Gasteiger partial charge in [-0.3, -0.25) is 0 Å². The summed E-state index contributed by atoms with van der Waals surface area (Å²) in [6, 6.07) is 0. The van der Waals surface area contributed by atoms with E-state index >= 15 is 0 Å². The van der Waals surface area contributed by atoms with Gasteiger partial charge in [-0.15, -0.1) is 12.4 Å². The molecule has 0 bridgehead atoms. The molecule has 0 aromatic heterocycles. The molecule has 1 aliphatic carbocycles. The first-order chi connectivity index (χ1) is 5.84. The Morgan fingerprint density at radius 3 is 2.69 bits per heavy atom. The first kappa shape index (κ1) is 12.7. The molecule has 13 heavy (non-hydrogen) atoms. The number of rotatable bonds is 2. The van der Waals surface area contributed by atoms with Gasteiger partial charge in [-0.1, -0.05) is 18.2 Å². The molecule has 0 amide bonds. The fourth-order valence-electron chi connectivity index (χ4n) is 1.41. The first-order valence-corrected chi connectivity index (χ1v) is 4.56. The van der Waals surface area contributed by atoms with Crippen molar-refractivity contribution < 1.29 is 5.11 Å². The molecule has 1 unspecified atom stereocenters. The zero-order chi connectivity index (χ0) is 8.81. The quantitative estimate of drug-likeness (QED) is 0.673. The Morgan fingerprint density at radius 2 is 2.00 bits per heavy atom. The van der Waals surface area contributed by atoms with Gasteiger partial charge >= 0.3 is 0 Å². The summed E-state index contributed by atoms with van der Waals surface area (Å²) < 4.78 is 0. The lowest BCUT2D eigenvalue weighted by atomic mass is 10.00. The van der Waals surface area contributed by atoms with Crippen LogP contribution in [0.2, 0.25) is 0 Å². The van der Waals surface area contributed by atoms with E-state index in [1.165, 1.54) is 0 Å². The second-order valence-electron chi connectivity index (χ2n) is 3.12. The van der Waals surface area contributed by atoms with Crippen molar-refractivity contribution in [3.63, 3.8) is 0 Å². The van der Waals surface area contributed by atoms with Crippen LogP contribution in [-0.4, -0.2) is 17.8 Å². The van der Waals surface area contributed by atoms with Crippen LogP contribution < -0.4 is 5.73 Å². The number of hydrogen-bond donors (Lipinski definition) is 2. The molecule has 0 aliphatic heterocycles. The van der Waals surface area contributed by atoms with Crippen LogP contribution in [0.1, 0.15) is 25.7 Å². The highest BCUT2D eigenvalue weighted by Crippen LogP contribution is 2.15. The molecule has 0 saturated carbocycles. The average molecular weight is 204 g/mol. The van der Waals surface area contributed by atoms with Crippen molar-refractivity contribution in [3.05, 3.63) is 23.8 Å². The molecule has 3 N–H and O–H groups in total. The third-order valence-electron chi connectivity index (χ3n) is 2.16. The van der Waals surface area contributed by atoms with Crippen LogP contribution in [0.4, 0.5) is 0 Å². The van der Waals surface area contributed by atoms with E-state index in [0.717, 1.165) is 31.3 Å². The van der Waals surface area contributed by atoms with Gasteiger partial charge in [0.15, 0.2) is 0 Å². The van der Waals surface area contributed by atoms with E-state index in [1.807, 2.05) is 0 Å². The summed E-state index contributed by atoms with van der Waals surface area (Å²) in [5.74, 6) is 0. The Kier molecular flexibility index (Phi) is 6.96. The number of hydrogen-bond acceptors (Lipinski definition) is 2. The average Bonchev–Trinajstić information content (AvgIpc) is 2.02. The zero-order valence-corrected chi connectivity index (χ0v) is 8.59. The molecule has 76 valence electrons. The molecule has 1 rings (SSSR count). The molecule has 3 heteroatoms. The largest absolute Gasteiger partial charge is 0.387 e. The highest BCUT2D eigenvalue weighted by molar-refractivity contribution is 5.85. The number of nitrogens with two attached hydrogens (primary N) is 1. The summed E-state index contributed by atoms with van der Waals surface area (Å²) >= 11 is 0. The molecule has 0 fully saturated rings. The maximum absolute atomic E-state index is 9.48. The second-order valence-corrected chi connectivity index (χ2v) is 3.12. The fraction of sp³-hybridized carbons (Fsp3) is 0.600. The van der Waals surface area contributed by atoms with E-state index in [9.17, 15) is 5.11 Å². The summed E-state index contributed by atoms with van der Waals surface area (Å²) in [5.41, 5.74) is 6.50. The molecule has 1 aliphatic rings. The lowest BCUT2D eigenvalue weighted by Crippen LogP contribution is -2.22. The summed E-state index contributed by atoms with van der Waals surface area (Å²) in [4.78, 5) is 0.